The van der Waals surface area contributed by atoms with Crippen molar-refractivity contribution in [1.82, 2.24) is 5.32 Å². The summed E-state index contributed by atoms with van der Waals surface area (Å²) in [5.41, 5.74) is 0. The molecule has 68 valence electrons. The largest absolute Gasteiger partial charge is 0.465 e. The molecule has 12 heavy (non-hydrogen) atoms. The van der Waals surface area contributed by atoms with Crippen molar-refractivity contribution in [2.24, 2.45) is 0 Å². The SMILES string of the molecule is C=CCC(NC(=O)O)C(=O)CBr. The van der Waals surface area contributed by atoms with Crippen molar-refractivity contribution < 1.29 is 14.7 Å². The van der Waals surface area contributed by atoms with Gasteiger partial charge in [0.25, 0.3) is 0 Å². The van der Waals surface area contributed by atoms with E-state index >= 15 is 0 Å². The maximum absolute atomic E-state index is 11.0. The van der Waals surface area contributed by atoms with Crippen molar-refractivity contribution in [2.45, 2.75) is 12.5 Å². The fourth-order valence-electron chi connectivity index (χ4n) is 0.680. The molecule has 0 heterocycles. The van der Waals surface area contributed by atoms with E-state index < -0.39 is 12.1 Å². The molecule has 0 aromatic heterocycles. The first-order valence-corrected chi connectivity index (χ1v) is 4.43. The number of halogens is 1. The van der Waals surface area contributed by atoms with Crippen LogP contribution in [0.15, 0.2) is 12.7 Å². The summed E-state index contributed by atoms with van der Waals surface area (Å²) in [6, 6.07) is -0.681. The maximum atomic E-state index is 11.0. The van der Waals surface area contributed by atoms with Gasteiger partial charge >= 0.3 is 6.09 Å². The predicted octanol–water partition coefficient (Wildman–Crippen LogP) is 1.16. The van der Waals surface area contributed by atoms with Gasteiger partial charge in [0.2, 0.25) is 0 Å². The van der Waals surface area contributed by atoms with Gasteiger partial charge in [-0.2, -0.15) is 0 Å². The number of hydrogen-bond donors (Lipinski definition) is 2. The molecule has 0 saturated carbocycles. The van der Waals surface area contributed by atoms with Crippen molar-refractivity contribution in [2.75, 3.05) is 5.33 Å². The molecule has 2 N–H and O–H groups in total. The van der Waals surface area contributed by atoms with Crippen molar-refractivity contribution >= 4 is 27.8 Å². The van der Waals surface area contributed by atoms with E-state index in [9.17, 15) is 9.59 Å². The third kappa shape index (κ3) is 4.12. The minimum absolute atomic E-state index is 0.145. The summed E-state index contributed by atoms with van der Waals surface area (Å²) in [7, 11) is 0. The summed E-state index contributed by atoms with van der Waals surface area (Å²) in [6.07, 6.45) is 0.619. The van der Waals surface area contributed by atoms with Gasteiger partial charge in [-0.25, -0.2) is 4.79 Å². The van der Waals surface area contributed by atoms with Crippen LogP contribution in [0.25, 0.3) is 0 Å². The van der Waals surface area contributed by atoms with Crippen LogP contribution in [0.3, 0.4) is 0 Å². The van der Waals surface area contributed by atoms with Gasteiger partial charge in [0.1, 0.15) is 0 Å². The highest BCUT2D eigenvalue weighted by Crippen LogP contribution is 1.97. The van der Waals surface area contributed by atoms with E-state index in [0.717, 1.165) is 0 Å². The van der Waals surface area contributed by atoms with E-state index in [2.05, 4.69) is 27.8 Å². The standard InChI is InChI=1S/C7H10BrNO3/c1-2-3-5(6(10)4-8)9-7(11)12/h2,5,9H,1,3-4H2,(H,11,12). The Hall–Kier alpha value is -0.840. The fraction of sp³-hybridized carbons (Fsp3) is 0.429. The molecule has 1 unspecified atom stereocenters. The molecule has 0 aliphatic heterocycles. The number of amides is 1. The Bertz CT molecular complexity index is 193. The highest BCUT2D eigenvalue weighted by Gasteiger charge is 2.16. The monoisotopic (exact) mass is 235 g/mol. The Morgan fingerprint density at radius 2 is 2.25 bits per heavy atom. The molecule has 5 heteroatoms. The Morgan fingerprint density at radius 3 is 2.58 bits per heavy atom. The number of hydrogen-bond acceptors (Lipinski definition) is 2. The predicted molar refractivity (Wildman–Crippen MR) is 48.6 cm³/mol. The van der Waals surface area contributed by atoms with Gasteiger partial charge in [-0.05, 0) is 6.42 Å². The summed E-state index contributed by atoms with van der Waals surface area (Å²) in [5.74, 6) is -0.197. The molecule has 0 aliphatic carbocycles. The second-order valence-electron chi connectivity index (χ2n) is 2.13. The lowest BCUT2D eigenvalue weighted by atomic mass is 10.1. The molecular formula is C7H10BrNO3. The Morgan fingerprint density at radius 1 is 1.67 bits per heavy atom. The second kappa shape index (κ2) is 5.77. The molecule has 0 spiro atoms. The molecular weight excluding hydrogens is 226 g/mol. The number of rotatable bonds is 5. The van der Waals surface area contributed by atoms with E-state index in [1.165, 1.54) is 6.08 Å². The van der Waals surface area contributed by atoms with Gasteiger partial charge in [0, 0.05) is 0 Å². The van der Waals surface area contributed by atoms with E-state index in [1.807, 2.05) is 0 Å². The topological polar surface area (TPSA) is 66.4 Å². The van der Waals surface area contributed by atoms with Crippen LogP contribution in [0.4, 0.5) is 4.79 Å². The molecule has 0 radical (unpaired) electrons. The van der Waals surface area contributed by atoms with E-state index in [-0.39, 0.29) is 11.1 Å². The highest BCUT2D eigenvalue weighted by atomic mass is 79.9. The second-order valence-corrected chi connectivity index (χ2v) is 2.69. The van der Waals surface area contributed by atoms with Crippen molar-refractivity contribution in [3.63, 3.8) is 0 Å². The van der Waals surface area contributed by atoms with Crippen LogP contribution in [0.5, 0.6) is 0 Å². The molecule has 0 aromatic carbocycles. The van der Waals surface area contributed by atoms with Gasteiger partial charge < -0.3 is 10.4 Å². The van der Waals surface area contributed by atoms with Gasteiger partial charge in [-0.1, -0.05) is 22.0 Å². The third-order valence-corrected chi connectivity index (χ3v) is 1.77. The number of carbonyl (C=O) groups excluding carboxylic acids is 1. The minimum Gasteiger partial charge on any atom is -0.465 e. The maximum Gasteiger partial charge on any atom is 0.405 e. The van der Waals surface area contributed by atoms with Crippen LogP contribution in [0.1, 0.15) is 6.42 Å². The van der Waals surface area contributed by atoms with Gasteiger partial charge in [-0.3, -0.25) is 4.79 Å². The first kappa shape index (κ1) is 11.2. The first-order chi connectivity index (χ1) is 5.61. The molecule has 0 saturated heterocycles. The van der Waals surface area contributed by atoms with Gasteiger partial charge in [0.15, 0.2) is 5.78 Å². The average Bonchev–Trinajstić information content (AvgIpc) is 2.01. The van der Waals surface area contributed by atoms with Gasteiger partial charge in [-0.15, -0.1) is 6.58 Å². The molecule has 1 amide bonds. The normalized spacial score (nSPS) is 11.8. The third-order valence-electron chi connectivity index (χ3n) is 1.22. The molecule has 0 rings (SSSR count). The summed E-state index contributed by atoms with van der Waals surface area (Å²) in [5, 5.41) is 10.6. The van der Waals surface area contributed by atoms with Crippen LogP contribution in [-0.4, -0.2) is 28.4 Å². The molecule has 0 aliphatic rings. The molecule has 4 nitrogen and oxygen atoms in total. The summed E-state index contributed by atoms with van der Waals surface area (Å²) in [6.45, 7) is 3.42. The van der Waals surface area contributed by atoms with E-state index in [4.69, 9.17) is 5.11 Å². The lowest BCUT2D eigenvalue weighted by Crippen LogP contribution is -2.40. The summed E-state index contributed by atoms with van der Waals surface area (Å²) >= 11 is 2.96. The molecule has 0 bridgehead atoms. The Kier molecular flexibility index (Phi) is 5.36. The lowest BCUT2D eigenvalue weighted by Gasteiger charge is -2.11. The zero-order chi connectivity index (χ0) is 9.56. The average molecular weight is 236 g/mol. The van der Waals surface area contributed by atoms with Crippen LogP contribution >= 0.6 is 15.9 Å². The smallest absolute Gasteiger partial charge is 0.405 e. The minimum atomic E-state index is -1.20. The Balaban J connectivity index is 4.11. The number of carbonyl (C=O) groups is 2. The number of alkyl halides is 1. The van der Waals surface area contributed by atoms with Crippen molar-refractivity contribution in [3.05, 3.63) is 12.7 Å². The van der Waals surface area contributed by atoms with E-state index in [1.54, 1.807) is 0 Å². The number of nitrogens with one attached hydrogen (secondary N) is 1. The van der Waals surface area contributed by atoms with Crippen LogP contribution < -0.4 is 5.32 Å². The van der Waals surface area contributed by atoms with E-state index in [0.29, 0.717) is 6.42 Å². The van der Waals surface area contributed by atoms with Gasteiger partial charge in [0.05, 0.1) is 11.4 Å². The molecule has 1 atom stereocenters. The molecule has 0 fully saturated rings. The van der Waals surface area contributed by atoms with Crippen LogP contribution in [0.2, 0.25) is 0 Å². The highest BCUT2D eigenvalue weighted by molar-refractivity contribution is 9.09. The van der Waals surface area contributed by atoms with Crippen molar-refractivity contribution in [1.29, 1.82) is 0 Å². The van der Waals surface area contributed by atoms with Crippen molar-refractivity contribution in [3.8, 4) is 0 Å². The summed E-state index contributed by atoms with van der Waals surface area (Å²) < 4.78 is 0. The quantitative estimate of drug-likeness (QED) is 0.556. The number of Topliss-reactive ketones (excluding diaryl/α,β-unsaturated/α-hetero) is 1. The summed E-state index contributed by atoms with van der Waals surface area (Å²) in [4.78, 5) is 21.2. The van der Waals surface area contributed by atoms with Crippen LogP contribution in [-0.2, 0) is 4.79 Å². The Labute approximate surface area is 78.8 Å². The lowest BCUT2D eigenvalue weighted by molar-refractivity contribution is -0.118. The number of carboxylic acid groups (broad SMARTS) is 1. The molecule has 0 aromatic rings. The zero-order valence-electron chi connectivity index (χ0n) is 6.42. The first-order valence-electron chi connectivity index (χ1n) is 3.30. The van der Waals surface area contributed by atoms with Crippen LogP contribution in [0, 0.1) is 0 Å². The fourth-order valence-corrected chi connectivity index (χ4v) is 1.07. The zero-order valence-corrected chi connectivity index (χ0v) is 8.00. The number of ketones is 1.